The third-order valence-electron chi connectivity index (χ3n) is 2.98. The number of unbranched alkanes of at least 4 members (excludes halogenated alkanes) is 1. The zero-order valence-corrected chi connectivity index (χ0v) is 13.4. The van der Waals surface area contributed by atoms with Gasteiger partial charge in [0.2, 0.25) is 5.13 Å². The highest BCUT2D eigenvalue weighted by molar-refractivity contribution is 7.15. The van der Waals surface area contributed by atoms with Gasteiger partial charge in [-0.25, -0.2) is 0 Å². The molecule has 0 aliphatic heterocycles. The number of aromatic nitrogens is 2. The summed E-state index contributed by atoms with van der Waals surface area (Å²) in [5, 5.41) is 13.5. The van der Waals surface area contributed by atoms with Crippen molar-refractivity contribution in [3.05, 3.63) is 34.8 Å². The first-order chi connectivity index (χ1) is 10.6. The average Bonchev–Trinajstić information content (AvgIpc) is 2.91. The minimum atomic E-state index is -0.758. The number of aryl methyl sites for hydroxylation is 2. The molecule has 1 aromatic heterocycles. The van der Waals surface area contributed by atoms with Gasteiger partial charge >= 0.3 is 11.8 Å². The zero-order chi connectivity index (χ0) is 15.9. The second kappa shape index (κ2) is 7.65. The first kappa shape index (κ1) is 16.1. The van der Waals surface area contributed by atoms with Gasteiger partial charge in [-0.15, -0.1) is 10.2 Å². The molecule has 22 heavy (non-hydrogen) atoms. The summed E-state index contributed by atoms with van der Waals surface area (Å²) >= 11 is 1.22. The normalized spacial score (nSPS) is 10.3. The highest BCUT2D eigenvalue weighted by atomic mass is 32.1. The van der Waals surface area contributed by atoms with Gasteiger partial charge in [-0.1, -0.05) is 36.8 Å². The summed E-state index contributed by atoms with van der Waals surface area (Å²) in [7, 11) is 0. The van der Waals surface area contributed by atoms with E-state index in [9.17, 15) is 9.59 Å². The molecule has 0 aliphatic carbocycles. The Balaban J connectivity index is 1.89. The molecule has 0 saturated heterocycles. The summed E-state index contributed by atoms with van der Waals surface area (Å²) < 4.78 is 0. The Morgan fingerprint density at radius 2 is 1.77 bits per heavy atom. The van der Waals surface area contributed by atoms with Crippen molar-refractivity contribution in [1.82, 2.24) is 10.2 Å². The van der Waals surface area contributed by atoms with Crippen LogP contribution in [0.4, 0.5) is 10.8 Å². The Hall–Kier alpha value is -2.28. The van der Waals surface area contributed by atoms with Gasteiger partial charge in [0.15, 0.2) is 0 Å². The lowest BCUT2D eigenvalue weighted by atomic mass is 10.1. The number of carbonyl (C=O) groups excluding carboxylic acids is 2. The summed E-state index contributed by atoms with van der Waals surface area (Å²) in [5.74, 6) is -1.49. The molecule has 0 bridgehead atoms. The molecule has 0 aliphatic rings. The second-order valence-corrected chi connectivity index (χ2v) is 6.02. The van der Waals surface area contributed by atoms with E-state index in [0.29, 0.717) is 10.8 Å². The van der Waals surface area contributed by atoms with Gasteiger partial charge in [0.05, 0.1) is 0 Å². The maximum Gasteiger partial charge on any atom is 0.315 e. The van der Waals surface area contributed by atoms with Gasteiger partial charge in [-0.05, 0) is 37.5 Å². The van der Waals surface area contributed by atoms with Crippen LogP contribution in [0.3, 0.4) is 0 Å². The topological polar surface area (TPSA) is 84.0 Å². The Morgan fingerprint density at radius 1 is 1.09 bits per heavy atom. The van der Waals surface area contributed by atoms with Crippen molar-refractivity contribution in [3.63, 3.8) is 0 Å². The van der Waals surface area contributed by atoms with Crippen molar-refractivity contribution in [2.75, 3.05) is 10.6 Å². The standard InChI is InChI=1S/C15H18N4O2S/c1-3-4-5-11-6-8-12(9-7-11)16-13(20)14(21)17-15-19-18-10(2)22-15/h6-9H,3-5H2,1-2H3,(H,16,20)(H,17,19,21). The fourth-order valence-corrected chi connectivity index (χ4v) is 2.41. The summed E-state index contributed by atoms with van der Waals surface area (Å²) in [5.41, 5.74) is 1.81. The fraction of sp³-hybridized carbons (Fsp3) is 0.333. The number of benzene rings is 1. The van der Waals surface area contributed by atoms with Gasteiger partial charge in [0.1, 0.15) is 5.01 Å². The fourth-order valence-electron chi connectivity index (χ4n) is 1.82. The SMILES string of the molecule is CCCCc1ccc(NC(=O)C(=O)Nc2nnc(C)s2)cc1. The van der Waals surface area contributed by atoms with E-state index >= 15 is 0 Å². The predicted molar refractivity (Wildman–Crippen MR) is 87.0 cm³/mol. The van der Waals surface area contributed by atoms with Crippen molar-refractivity contribution in [2.24, 2.45) is 0 Å². The van der Waals surface area contributed by atoms with E-state index < -0.39 is 11.8 Å². The molecule has 0 atom stereocenters. The van der Waals surface area contributed by atoms with E-state index in [1.807, 2.05) is 12.1 Å². The number of hydrogen-bond acceptors (Lipinski definition) is 5. The van der Waals surface area contributed by atoms with Crippen LogP contribution in [-0.4, -0.2) is 22.0 Å². The first-order valence-corrected chi connectivity index (χ1v) is 7.91. The Kier molecular flexibility index (Phi) is 5.60. The maximum atomic E-state index is 11.8. The van der Waals surface area contributed by atoms with Crippen LogP contribution < -0.4 is 10.6 Å². The molecular weight excluding hydrogens is 300 g/mol. The Bertz CT molecular complexity index is 652. The van der Waals surface area contributed by atoms with E-state index in [0.717, 1.165) is 24.3 Å². The summed E-state index contributed by atoms with van der Waals surface area (Å²) in [6.45, 7) is 3.92. The quantitative estimate of drug-likeness (QED) is 0.830. The van der Waals surface area contributed by atoms with Gasteiger partial charge in [-0.2, -0.15) is 0 Å². The van der Waals surface area contributed by atoms with E-state index in [4.69, 9.17) is 0 Å². The smallest absolute Gasteiger partial charge is 0.315 e. The molecule has 1 aromatic carbocycles. The van der Waals surface area contributed by atoms with Crippen LogP contribution in [0.25, 0.3) is 0 Å². The number of hydrogen-bond donors (Lipinski definition) is 2. The monoisotopic (exact) mass is 318 g/mol. The molecule has 0 radical (unpaired) electrons. The molecule has 0 saturated carbocycles. The third-order valence-corrected chi connectivity index (χ3v) is 3.74. The van der Waals surface area contributed by atoms with Crippen molar-refractivity contribution >= 4 is 34.0 Å². The van der Waals surface area contributed by atoms with Crippen molar-refractivity contribution in [1.29, 1.82) is 0 Å². The number of carbonyl (C=O) groups is 2. The third kappa shape index (κ3) is 4.63. The van der Waals surface area contributed by atoms with Gasteiger partial charge < -0.3 is 5.32 Å². The lowest BCUT2D eigenvalue weighted by molar-refractivity contribution is -0.133. The minimum absolute atomic E-state index is 0.313. The summed E-state index contributed by atoms with van der Waals surface area (Å²) in [6, 6.07) is 7.51. The number of nitrogens with zero attached hydrogens (tertiary/aromatic N) is 2. The van der Waals surface area contributed by atoms with Crippen molar-refractivity contribution in [2.45, 2.75) is 33.1 Å². The van der Waals surface area contributed by atoms with Crippen LogP contribution in [0.15, 0.2) is 24.3 Å². The minimum Gasteiger partial charge on any atom is -0.318 e. The average molecular weight is 318 g/mol. The van der Waals surface area contributed by atoms with Crippen LogP contribution in [0.5, 0.6) is 0 Å². The van der Waals surface area contributed by atoms with Crippen LogP contribution in [0.2, 0.25) is 0 Å². The highest BCUT2D eigenvalue weighted by Gasteiger charge is 2.15. The summed E-state index contributed by atoms with van der Waals surface area (Å²) in [4.78, 5) is 23.6. The summed E-state index contributed by atoms with van der Waals surface area (Å²) in [6.07, 6.45) is 3.29. The van der Waals surface area contributed by atoms with Gasteiger partial charge in [0.25, 0.3) is 0 Å². The lowest BCUT2D eigenvalue weighted by Crippen LogP contribution is -2.29. The molecule has 2 rings (SSSR count). The molecule has 1 heterocycles. The Labute approximate surface area is 133 Å². The molecule has 6 nitrogen and oxygen atoms in total. The predicted octanol–water partition coefficient (Wildman–Crippen LogP) is 2.77. The van der Waals surface area contributed by atoms with Crippen LogP contribution >= 0.6 is 11.3 Å². The number of nitrogens with one attached hydrogen (secondary N) is 2. The number of anilines is 2. The van der Waals surface area contributed by atoms with Gasteiger partial charge in [0, 0.05) is 5.69 Å². The highest BCUT2D eigenvalue weighted by Crippen LogP contribution is 2.14. The van der Waals surface area contributed by atoms with Crippen molar-refractivity contribution in [3.8, 4) is 0 Å². The van der Waals surface area contributed by atoms with Gasteiger partial charge in [-0.3, -0.25) is 14.9 Å². The van der Waals surface area contributed by atoms with E-state index in [-0.39, 0.29) is 0 Å². The lowest BCUT2D eigenvalue weighted by Gasteiger charge is -2.06. The number of amides is 2. The van der Waals surface area contributed by atoms with Crippen molar-refractivity contribution < 1.29 is 9.59 Å². The van der Waals surface area contributed by atoms with Crippen LogP contribution in [0, 0.1) is 6.92 Å². The molecule has 7 heteroatoms. The molecule has 2 N–H and O–H groups in total. The molecule has 0 spiro atoms. The molecular formula is C15H18N4O2S. The molecule has 0 unspecified atom stereocenters. The van der Waals surface area contributed by atoms with Crippen LogP contribution in [0.1, 0.15) is 30.3 Å². The molecule has 0 fully saturated rings. The zero-order valence-electron chi connectivity index (χ0n) is 12.5. The molecule has 2 amide bonds. The molecule has 116 valence electrons. The second-order valence-electron chi connectivity index (χ2n) is 4.83. The molecule has 2 aromatic rings. The maximum absolute atomic E-state index is 11.8. The number of rotatable bonds is 5. The van der Waals surface area contributed by atoms with Crippen LogP contribution in [-0.2, 0) is 16.0 Å². The Morgan fingerprint density at radius 3 is 2.36 bits per heavy atom. The van der Waals surface area contributed by atoms with E-state index in [1.165, 1.54) is 16.9 Å². The first-order valence-electron chi connectivity index (χ1n) is 7.10. The van der Waals surface area contributed by atoms with E-state index in [2.05, 4.69) is 27.8 Å². The largest absolute Gasteiger partial charge is 0.318 e. The van der Waals surface area contributed by atoms with E-state index in [1.54, 1.807) is 19.1 Å².